The lowest BCUT2D eigenvalue weighted by atomic mass is 9.69. The monoisotopic (exact) mass is 766 g/mol. The molecular formula is C38H54O16. The summed E-state index contributed by atoms with van der Waals surface area (Å²) in [6, 6.07) is 0. The minimum Gasteiger partial charge on any atom is -0.458 e. The highest BCUT2D eigenvalue weighted by Gasteiger charge is 2.74. The normalized spacial score (nSPS) is 34.5. The van der Waals surface area contributed by atoms with Crippen LogP contribution in [0.4, 0.5) is 0 Å². The van der Waals surface area contributed by atoms with Gasteiger partial charge >= 0.3 is 41.8 Å². The highest BCUT2D eigenvalue weighted by Crippen LogP contribution is 2.56. The summed E-state index contributed by atoms with van der Waals surface area (Å²) in [5, 5.41) is 0. The Labute approximate surface area is 315 Å². The molecule has 2 aliphatic carbocycles. The zero-order valence-electron chi connectivity index (χ0n) is 33.3. The van der Waals surface area contributed by atoms with Crippen LogP contribution in [0, 0.1) is 29.1 Å². The zero-order valence-corrected chi connectivity index (χ0v) is 33.3. The second-order valence-electron chi connectivity index (χ2n) is 15.8. The molecule has 16 nitrogen and oxygen atoms in total. The molecule has 16 heteroatoms. The van der Waals surface area contributed by atoms with E-state index in [9.17, 15) is 33.6 Å². The molecule has 0 aromatic carbocycles. The first-order valence-corrected chi connectivity index (χ1v) is 17.9. The van der Waals surface area contributed by atoms with E-state index >= 15 is 4.79 Å². The molecule has 3 fully saturated rings. The van der Waals surface area contributed by atoms with Gasteiger partial charge in [0.05, 0.1) is 30.0 Å². The van der Waals surface area contributed by atoms with Gasteiger partial charge in [0, 0.05) is 57.9 Å². The number of hydrogen-bond acceptors (Lipinski definition) is 16. The molecular weight excluding hydrogens is 712 g/mol. The fourth-order valence-corrected chi connectivity index (χ4v) is 7.74. The molecule has 0 amide bonds. The second kappa shape index (κ2) is 16.2. The highest BCUT2D eigenvalue weighted by molar-refractivity contribution is 5.93. The molecule has 2 saturated carbocycles. The van der Waals surface area contributed by atoms with Crippen LogP contribution in [-0.4, -0.2) is 101 Å². The van der Waals surface area contributed by atoms with E-state index in [0.717, 1.165) is 34.6 Å². The Morgan fingerprint density at radius 1 is 0.685 bits per heavy atom. The van der Waals surface area contributed by atoms with Crippen molar-refractivity contribution in [1.82, 2.24) is 0 Å². The summed E-state index contributed by atoms with van der Waals surface area (Å²) >= 11 is 0. The van der Waals surface area contributed by atoms with Crippen LogP contribution in [0.15, 0.2) is 12.2 Å². The Morgan fingerprint density at radius 3 is 1.63 bits per heavy atom. The Bertz CT molecular complexity index is 1560. The predicted molar refractivity (Wildman–Crippen MR) is 185 cm³/mol. The molecule has 0 aromatic rings. The molecule has 3 rings (SSSR count). The number of carbonyl (C=O) groups excluding carboxylic acids is 8. The average Bonchev–Trinajstić information content (AvgIpc) is 3.80. The van der Waals surface area contributed by atoms with Gasteiger partial charge in [-0.25, -0.2) is 0 Å². The third kappa shape index (κ3) is 8.95. The average molecular weight is 767 g/mol. The fourth-order valence-electron chi connectivity index (χ4n) is 7.74. The number of carbonyl (C=O) groups is 8. The van der Waals surface area contributed by atoms with Crippen LogP contribution in [0.2, 0.25) is 0 Å². The van der Waals surface area contributed by atoms with Gasteiger partial charge in [-0.15, -0.1) is 0 Å². The lowest BCUT2D eigenvalue weighted by molar-refractivity contribution is -0.201. The van der Waals surface area contributed by atoms with Crippen LogP contribution in [0.1, 0.15) is 96.4 Å². The van der Waals surface area contributed by atoms with Crippen LogP contribution < -0.4 is 0 Å². The largest absolute Gasteiger partial charge is 0.458 e. The second-order valence-corrected chi connectivity index (χ2v) is 15.8. The summed E-state index contributed by atoms with van der Waals surface area (Å²) < 4.78 is 47.6. The standard InChI is InChI=1S/C38H54O16/c1-16(2)34(45)51-27-18(5)26(47-20(7)39)25-31(48-21(8)40)37(14,53-23(10)42)15-38(25,54-24(11)43)30(44)19(6)28-32(50-28)36(12,13)33(49-22(9)41)29(27)52-35(46)17(3)4/h16-17,19,25-29,31-33H,5,15H2,1-4,6-14H3/t19-,25+,26+,27+,28-,29+,31-,32-,33-,37-,38-/m1/s1. The summed E-state index contributed by atoms with van der Waals surface area (Å²) in [6.07, 6.45) is -10.9. The van der Waals surface area contributed by atoms with Crippen molar-refractivity contribution in [3.8, 4) is 0 Å². The van der Waals surface area contributed by atoms with E-state index in [1.165, 1.54) is 27.7 Å². The number of ketones is 1. The smallest absolute Gasteiger partial charge is 0.309 e. The van der Waals surface area contributed by atoms with Crippen molar-refractivity contribution in [2.75, 3.05) is 0 Å². The number of epoxide rings is 1. The summed E-state index contributed by atoms with van der Waals surface area (Å²) in [7, 11) is 0. The Balaban J connectivity index is 2.60. The maximum Gasteiger partial charge on any atom is 0.309 e. The highest BCUT2D eigenvalue weighted by atomic mass is 16.6. The summed E-state index contributed by atoms with van der Waals surface area (Å²) in [6.45, 7) is 21.8. The molecule has 302 valence electrons. The Hall–Kier alpha value is -4.34. The van der Waals surface area contributed by atoms with Gasteiger partial charge in [-0.1, -0.05) is 55.0 Å². The van der Waals surface area contributed by atoms with Crippen molar-refractivity contribution in [3.05, 3.63) is 12.2 Å². The first-order chi connectivity index (χ1) is 24.7. The third-order valence-electron chi connectivity index (χ3n) is 10.1. The molecule has 54 heavy (non-hydrogen) atoms. The van der Waals surface area contributed by atoms with Crippen molar-refractivity contribution in [2.45, 2.75) is 150 Å². The van der Waals surface area contributed by atoms with Gasteiger partial charge in [-0.3, -0.25) is 38.4 Å². The number of fused-ring (bicyclic) bond motifs is 2. The molecule has 0 spiro atoms. The van der Waals surface area contributed by atoms with Crippen LogP contribution in [0.25, 0.3) is 0 Å². The summed E-state index contributed by atoms with van der Waals surface area (Å²) in [5.74, 6) is -11.3. The summed E-state index contributed by atoms with van der Waals surface area (Å²) in [5.41, 5.74) is -5.94. The lowest BCUT2D eigenvalue weighted by Crippen LogP contribution is -2.60. The first kappa shape index (κ1) is 44.1. The topological polar surface area (TPSA) is 214 Å². The molecule has 3 aliphatic rings. The van der Waals surface area contributed by atoms with Gasteiger partial charge in [0.15, 0.2) is 41.4 Å². The van der Waals surface area contributed by atoms with Crippen LogP contribution in [0.3, 0.4) is 0 Å². The molecule has 11 atom stereocenters. The van der Waals surface area contributed by atoms with E-state index in [2.05, 4.69) is 6.58 Å². The van der Waals surface area contributed by atoms with Gasteiger partial charge in [0.1, 0.15) is 6.10 Å². The van der Waals surface area contributed by atoms with Gasteiger partial charge in [0.25, 0.3) is 0 Å². The number of Topliss-reactive ketones (excluding diaryl/α,β-unsaturated/α-hetero) is 1. The van der Waals surface area contributed by atoms with E-state index in [-0.39, 0.29) is 5.57 Å². The number of esters is 7. The van der Waals surface area contributed by atoms with E-state index < -0.39 is 137 Å². The predicted octanol–water partition coefficient (Wildman–Crippen LogP) is 3.13. The van der Waals surface area contributed by atoms with Crippen molar-refractivity contribution in [1.29, 1.82) is 0 Å². The molecule has 0 N–H and O–H groups in total. The maximum absolute atomic E-state index is 15.1. The van der Waals surface area contributed by atoms with Crippen LogP contribution in [0.5, 0.6) is 0 Å². The van der Waals surface area contributed by atoms with Gasteiger partial charge in [-0.2, -0.15) is 0 Å². The van der Waals surface area contributed by atoms with Crippen molar-refractivity contribution < 1.29 is 76.3 Å². The molecule has 0 bridgehead atoms. The van der Waals surface area contributed by atoms with Gasteiger partial charge < -0.3 is 37.9 Å². The number of ether oxygens (including phenoxy) is 8. The van der Waals surface area contributed by atoms with Crippen molar-refractivity contribution in [2.24, 2.45) is 29.1 Å². The lowest BCUT2D eigenvalue weighted by Gasteiger charge is -2.45. The molecule has 1 heterocycles. The maximum atomic E-state index is 15.1. The van der Waals surface area contributed by atoms with E-state index in [0.29, 0.717) is 0 Å². The minimum atomic E-state index is -2.38. The van der Waals surface area contributed by atoms with Crippen molar-refractivity contribution >= 4 is 47.6 Å². The molecule has 0 radical (unpaired) electrons. The van der Waals surface area contributed by atoms with Crippen LogP contribution >= 0.6 is 0 Å². The van der Waals surface area contributed by atoms with Crippen LogP contribution in [-0.2, 0) is 76.3 Å². The molecule has 0 aromatic heterocycles. The quantitative estimate of drug-likeness (QED) is 0.143. The zero-order chi connectivity index (χ0) is 41.4. The summed E-state index contributed by atoms with van der Waals surface area (Å²) in [4.78, 5) is 107. The van der Waals surface area contributed by atoms with E-state index in [1.54, 1.807) is 27.7 Å². The van der Waals surface area contributed by atoms with Crippen molar-refractivity contribution in [3.63, 3.8) is 0 Å². The third-order valence-corrected chi connectivity index (χ3v) is 10.1. The van der Waals surface area contributed by atoms with E-state index in [1.807, 2.05) is 0 Å². The molecule has 0 unspecified atom stereocenters. The first-order valence-electron chi connectivity index (χ1n) is 17.9. The SMILES string of the molecule is C=C1[C@H](OC(=O)C(C)C)[C@H](OC(=O)C(C)C)[C@@H](OC(C)=O)C(C)(C)[C@@H]2O[C@@H]2[C@@H](C)C(=O)[C@@]2(OC(C)=O)C[C@@](C)(OC(C)=O)[C@H](OC(C)=O)[C@@H]2[C@H]1OC(C)=O. The van der Waals surface area contributed by atoms with E-state index in [4.69, 9.17) is 37.9 Å². The molecule has 1 aliphatic heterocycles. The van der Waals surface area contributed by atoms with Gasteiger partial charge in [0.2, 0.25) is 0 Å². The Morgan fingerprint density at radius 2 is 1.17 bits per heavy atom. The molecule has 1 saturated heterocycles. The van der Waals surface area contributed by atoms with Gasteiger partial charge in [-0.05, 0) is 6.92 Å². The fraction of sp³-hybridized carbons (Fsp3) is 0.737. The number of hydrogen-bond donors (Lipinski definition) is 0. The minimum absolute atomic E-state index is 0.339. The number of rotatable bonds is 9. The Kier molecular flexibility index (Phi) is 13.2.